The Labute approximate surface area is 102 Å². The second-order valence-electron chi connectivity index (χ2n) is 4.95. The van der Waals surface area contributed by atoms with E-state index in [1.165, 1.54) is 16.7 Å². The maximum absolute atomic E-state index is 11.4. The van der Waals surface area contributed by atoms with E-state index in [0.29, 0.717) is 18.1 Å². The summed E-state index contributed by atoms with van der Waals surface area (Å²) in [5.41, 5.74) is 4.09. The third-order valence-corrected chi connectivity index (χ3v) is 3.62. The summed E-state index contributed by atoms with van der Waals surface area (Å²) in [4.78, 5) is 11.4. The fraction of sp³-hybridized carbons (Fsp3) is 0.312. The minimum atomic E-state index is 0.397. The average Bonchev–Trinajstić information content (AvgIpc) is 2.71. The Balaban J connectivity index is 1.75. The van der Waals surface area contributed by atoms with E-state index in [2.05, 4.69) is 36.4 Å². The first kappa shape index (κ1) is 10.5. The molecular formula is C16H16O. The van der Waals surface area contributed by atoms with Crippen LogP contribution in [0.3, 0.4) is 0 Å². The lowest BCUT2D eigenvalue weighted by Crippen LogP contribution is -2.07. The van der Waals surface area contributed by atoms with Crippen LogP contribution in [0.5, 0.6) is 0 Å². The molecule has 0 aliphatic heterocycles. The number of allylic oxidation sites excluding steroid dienone is 4. The number of benzene rings is 1. The van der Waals surface area contributed by atoms with Crippen molar-refractivity contribution in [3.63, 3.8) is 0 Å². The molecule has 3 rings (SSSR count). The lowest BCUT2D eigenvalue weighted by molar-refractivity contribution is -0.118. The Bertz CT molecular complexity index is 494. The molecule has 1 unspecified atom stereocenters. The van der Waals surface area contributed by atoms with Crippen molar-refractivity contribution in [2.75, 3.05) is 0 Å². The van der Waals surface area contributed by atoms with Gasteiger partial charge in [0.1, 0.15) is 5.78 Å². The van der Waals surface area contributed by atoms with Crippen molar-refractivity contribution in [2.24, 2.45) is 5.92 Å². The second kappa shape index (κ2) is 4.33. The molecule has 0 aromatic heterocycles. The molecule has 1 nitrogen and oxygen atoms in total. The topological polar surface area (TPSA) is 17.1 Å². The first-order chi connectivity index (χ1) is 8.31. The number of ketones is 1. The van der Waals surface area contributed by atoms with E-state index in [1.54, 1.807) is 0 Å². The molecule has 86 valence electrons. The summed E-state index contributed by atoms with van der Waals surface area (Å²) in [7, 11) is 0. The van der Waals surface area contributed by atoms with Crippen molar-refractivity contribution in [2.45, 2.75) is 25.7 Å². The number of hydrogen-bond donors (Lipinski definition) is 0. The molecule has 2 aliphatic carbocycles. The van der Waals surface area contributed by atoms with E-state index in [-0.39, 0.29) is 0 Å². The normalized spacial score (nSPS) is 23.1. The molecule has 2 aliphatic rings. The van der Waals surface area contributed by atoms with Crippen molar-refractivity contribution < 1.29 is 4.79 Å². The van der Waals surface area contributed by atoms with Crippen LogP contribution in [0.1, 0.15) is 24.8 Å². The van der Waals surface area contributed by atoms with Crippen LogP contribution in [0.4, 0.5) is 0 Å². The number of carbonyl (C=O) groups excluding carboxylic acids is 1. The quantitative estimate of drug-likeness (QED) is 0.751. The Kier molecular flexibility index (Phi) is 2.68. The Morgan fingerprint density at radius 3 is 2.59 bits per heavy atom. The molecule has 1 aromatic carbocycles. The van der Waals surface area contributed by atoms with E-state index in [9.17, 15) is 4.79 Å². The van der Waals surface area contributed by atoms with Gasteiger partial charge in [-0.15, -0.1) is 0 Å². The van der Waals surface area contributed by atoms with Crippen molar-refractivity contribution in [1.82, 2.24) is 0 Å². The van der Waals surface area contributed by atoms with Gasteiger partial charge in [-0.25, -0.2) is 0 Å². The van der Waals surface area contributed by atoms with E-state index in [1.807, 2.05) is 6.07 Å². The van der Waals surface area contributed by atoms with Crippen molar-refractivity contribution in [3.8, 4) is 0 Å². The van der Waals surface area contributed by atoms with Crippen LogP contribution < -0.4 is 0 Å². The van der Waals surface area contributed by atoms with Gasteiger partial charge in [0.05, 0.1) is 0 Å². The van der Waals surface area contributed by atoms with E-state index < -0.39 is 0 Å². The van der Waals surface area contributed by atoms with Crippen LogP contribution in [-0.4, -0.2) is 5.78 Å². The summed E-state index contributed by atoms with van der Waals surface area (Å²) in [6.07, 6.45) is 8.06. The lowest BCUT2D eigenvalue weighted by atomic mass is 9.91. The van der Waals surface area contributed by atoms with Crippen molar-refractivity contribution in [3.05, 3.63) is 59.2 Å². The zero-order valence-electron chi connectivity index (χ0n) is 9.86. The van der Waals surface area contributed by atoms with E-state index in [4.69, 9.17) is 0 Å². The van der Waals surface area contributed by atoms with Crippen LogP contribution in [0.15, 0.2) is 53.6 Å². The predicted molar refractivity (Wildman–Crippen MR) is 68.7 cm³/mol. The molecule has 0 bridgehead atoms. The highest BCUT2D eigenvalue weighted by molar-refractivity contribution is 5.84. The third kappa shape index (κ3) is 2.23. The van der Waals surface area contributed by atoms with Gasteiger partial charge in [-0.2, -0.15) is 0 Å². The highest BCUT2D eigenvalue weighted by Gasteiger charge is 2.23. The molecule has 1 fully saturated rings. The third-order valence-electron chi connectivity index (χ3n) is 3.62. The van der Waals surface area contributed by atoms with Gasteiger partial charge in [-0.1, -0.05) is 42.5 Å². The fourth-order valence-corrected chi connectivity index (χ4v) is 2.77. The van der Waals surface area contributed by atoms with Crippen LogP contribution >= 0.6 is 0 Å². The standard InChI is InChI=1S/C16H16O/c17-16-7-6-14-9-13(10-15(14)11-16)8-12-4-2-1-3-5-12/h1-5,9-10,13H,6-8,11H2. The number of hydrogen-bond acceptors (Lipinski definition) is 1. The van der Waals surface area contributed by atoms with Crippen molar-refractivity contribution in [1.29, 1.82) is 0 Å². The molecule has 17 heavy (non-hydrogen) atoms. The van der Waals surface area contributed by atoms with Gasteiger partial charge in [0.15, 0.2) is 0 Å². The Hall–Kier alpha value is -1.63. The van der Waals surface area contributed by atoms with Gasteiger partial charge in [0, 0.05) is 12.8 Å². The zero-order valence-corrected chi connectivity index (χ0v) is 9.86. The number of carbonyl (C=O) groups is 1. The minimum Gasteiger partial charge on any atom is -0.299 e. The number of rotatable bonds is 2. The summed E-state index contributed by atoms with van der Waals surface area (Å²) in [5, 5.41) is 0. The maximum Gasteiger partial charge on any atom is 0.137 e. The highest BCUT2D eigenvalue weighted by Crippen LogP contribution is 2.35. The predicted octanol–water partition coefficient (Wildman–Crippen LogP) is 3.46. The largest absolute Gasteiger partial charge is 0.299 e. The first-order valence-corrected chi connectivity index (χ1v) is 6.28. The van der Waals surface area contributed by atoms with E-state index >= 15 is 0 Å². The summed E-state index contributed by atoms with van der Waals surface area (Å²) in [6, 6.07) is 10.6. The summed E-state index contributed by atoms with van der Waals surface area (Å²) in [6.45, 7) is 0. The molecular weight excluding hydrogens is 208 g/mol. The number of Topliss-reactive ketones (excluding diaryl/α,β-unsaturated/α-hetero) is 1. The second-order valence-corrected chi connectivity index (χ2v) is 4.95. The molecule has 0 saturated heterocycles. The molecule has 1 saturated carbocycles. The first-order valence-electron chi connectivity index (χ1n) is 6.28. The zero-order chi connectivity index (χ0) is 11.7. The SMILES string of the molecule is O=C1CCC2=CC(Cc3ccccc3)C=C2C1. The minimum absolute atomic E-state index is 0.397. The maximum atomic E-state index is 11.4. The molecule has 1 heteroatoms. The van der Waals surface area contributed by atoms with Crippen LogP contribution in [0.25, 0.3) is 0 Å². The summed E-state index contributed by atoms with van der Waals surface area (Å²) in [5.74, 6) is 0.891. The molecule has 0 N–H and O–H groups in total. The summed E-state index contributed by atoms with van der Waals surface area (Å²) >= 11 is 0. The van der Waals surface area contributed by atoms with Gasteiger partial charge >= 0.3 is 0 Å². The van der Waals surface area contributed by atoms with Gasteiger partial charge < -0.3 is 0 Å². The van der Waals surface area contributed by atoms with Crippen LogP contribution in [0.2, 0.25) is 0 Å². The van der Waals surface area contributed by atoms with Gasteiger partial charge in [0.25, 0.3) is 0 Å². The van der Waals surface area contributed by atoms with Crippen LogP contribution in [-0.2, 0) is 11.2 Å². The van der Waals surface area contributed by atoms with Crippen LogP contribution in [0, 0.1) is 5.92 Å². The van der Waals surface area contributed by atoms with Gasteiger partial charge in [0.2, 0.25) is 0 Å². The smallest absolute Gasteiger partial charge is 0.137 e. The van der Waals surface area contributed by atoms with Crippen molar-refractivity contribution >= 4 is 5.78 Å². The Morgan fingerprint density at radius 1 is 1.00 bits per heavy atom. The highest BCUT2D eigenvalue weighted by atomic mass is 16.1. The monoisotopic (exact) mass is 224 g/mol. The Morgan fingerprint density at radius 2 is 1.76 bits per heavy atom. The van der Waals surface area contributed by atoms with Gasteiger partial charge in [-0.05, 0) is 35.5 Å². The molecule has 1 aromatic rings. The number of fused-ring (bicyclic) bond motifs is 1. The molecule has 0 radical (unpaired) electrons. The van der Waals surface area contributed by atoms with Gasteiger partial charge in [-0.3, -0.25) is 4.79 Å². The molecule has 0 heterocycles. The summed E-state index contributed by atoms with van der Waals surface area (Å²) < 4.78 is 0. The lowest BCUT2D eigenvalue weighted by Gasteiger charge is -2.13. The van der Waals surface area contributed by atoms with E-state index in [0.717, 1.165) is 19.3 Å². The molecule has 0 amide bonds. The molecule has 0 spiro atoms. The average molecular weight is 224 g/mol. The molecule has 1 atom stereocenters. The fourth-order valence-electron chi connectivity index (χ4n) is 2.77.